The van der Waals surface area contributed by atoms with Crippen LogP contribution in [0.2, 0.25) is 0 Å². The molecule has 0 aliphatic carbocycles. The number of hydrogen-bond donors (Lipinski definition) is 1. The highest BCUT2D eigenvalue weighted by molar-refractivity contribution is 5.29. The number of nitrogens with two attached hydrogens (primary N) is 1. The number of halogens is 1. The molecule has 0 fully saturated rings. The highest BCUT2D eigenvalue weighted by atomic mass is 19.1. The summed E-state index contributed by atoms with van der Waals surface area (Å²) in [5.41, 5.74) is 6.77. The summed E-state index contributed by atoms with van der Waals surface area (Å²) in [4.78, 5) is 0. The Morgan fingerprint density at radius 1 is 1.35 bits per heavy atom. The van der Waals surface area contributed by atoms with Crippen LogP contribution in [0.15, 0.2) is 18.2 Å². The fraction of sp³-hybridized carbons (Fsp3) is 0.571. The number of hydrogen-bond acceptors (Lipinski definition) is 2. The largest absolute Gasteiger partial charge is 0.491 e. The summed E-state index contributed by atoms with van der Waals surface area (Å²) >= 11 is 0. The molecule has 2 nitrogen and oxygen atoms in total. The van der Waals surface area contributed by atoms with Crippen molar-refractivity contribution in [3.05, 3.63) is 29.6 Å². The summed E-state index contributed by atoms with van der Waals surface area (Å²) in [5, 5.41) is 0. The van der Waals surface area contributed by atoms with Crippen LogP contribution in [0.5, 0.6) is 5.75 Å². The molecule has 0 aliphatic rings. The van der Waals surface area contributed by atoms with Gasteiger partial charge in [0.05, 0.1) is 6.61 Å². The van der Waals surface area contributed by atoms with Crippen LogP contribution < -0.4 is 10.5 Å². The second kappa shape index (κ2) is 6.01. The monoisotopic (exact) mass is 239 g/mol. The van der Waals surface area contributed by atoms with Crippen LogP contribution in [0.25, 0.3) is 0 Å². The summed E-state index contributed by atoms with van der Waals surface area (Å²) in [6, 6.07) is 5.17. The van der Waals surface area contributed by atoms with Crippen molar-refractivity contribution in [3.63, 3.8) is 0 Å². The maximum atomic E-state index is 13.6. The Labute approximate surface area is 103 Å². The van der Waals surface area contributed by atoms with Gasteiger partial charge in [0.25, 0.3) is 0 Å². The molecule has 0 aliphatic heterocycles. The van der Waals surface area contributed by atoms with Crippen LogP contribution in [-0.4, -0.2) is 13.2 Å². The van der Waals surface area contributed by atoms with Gasteiger partial charge in [0.1, 0.15) is 0 Å². The zero-order valence-electron chi connectivity index (χ0n) is 10.9. The van der Waals surface area contributed by atoms with Crippen LogP contribution in [0.1, 0.15) is 32.8 Å². The zero-order valence-corrected chi connectivity index (χ0v) is 10.9. The molecule has 0 saturated carbocycles. The third-order valence-electron chi connectivity index (χ3n) is 2.94. The predicted octanol–water partition coefficient (Wildman–Crippen LogP) is 3.14. The SMILES string of the molecule is CCOc1ccc(CCC(C)(C)CN)cc1F. The molecule has 1 aromatic carbocycles. The molecule has 0 atom stereocenters. The topological polar surface area (TPSA) is 35.2 Å². The van der Waals surface area contributed by atoms with Gasteiger partial charge in [-0.3, -0.25) is 0 Å². The van der Waals surface area contributed by atoms with Gasteiger partial charge >= 0.3 is 0 Å². The maximum Gasteiger partial charge on any atom is 0.165 e. The molecule has 0 unspecified atom stereocenters. The lowest BCUT2D eigenvalue weighted by atomic mass is 9.86. The lowest BCUT2D eigenvalue weighted by Crippen LogP contribution is -2.24. The van der Waals surface area contributed by atoms with Gasteiger partial charge in [0.15, 0.2) is 11.6 Å². The second-order valence-electron chi connectivity index (χ2n) is 5.07. The minimum atomic E-state index is -0.282. The molecule has 0 radical (unpaired) electrons. The Hall–Kier alpha value is -1.09. The number of benzene rings is 1. The molecule has 96 valence electrons. The van der Waals surface area contributed by atoms with Crippen LogP contribution >= 0.6 is 0 Å². The Bertz CT molecular complexity index is 363. The van der Waals surface area contributed by atoms with E-state index in [1.54, 1.807) is 12.1 Å². The zero-order chi connectivity index (χ0) is 12.9. The van der Waals surface area contributed by atoms with E-state index in [0.717, 1.165) is 18.4 Å². The van der Waals surface area contributed by atoms with E-state index in [9.17, 15) is 4.39 Å². The first-order valence-corrected chi connectivity index (χ1v) is 6.10. The molecule has 17 heavy (non-hydrogen) atoms. The number of ether oxygens (including phenoxy) is 1. The first-order chi connectivity index (χ1) is 7.98. The van der Waals surface area contributed by atoms with Crippen molar-refractivity contribution in [2.75, 3.05) is 13.2 Å². The first kappa shape index (κ1) is 14.0. The molecule has 1 rings (SSSR count). The van der Waals surface area contributed by atoms with Crippen molar-refractivity contribution in [1.82, 2.24) is 0 Å². The van der Waals surface area contributed by atoms with Gasteiger partial charge in [0, 0.05) is 0 Å². The molecule has 0 bridgehead atoms. The van der Waals surface area contributed by atoms with Gasteiger partial charge in [-0.15, -0.1) is 0 Å². The smallest absolute Gasteiger partial charge is 0.165 e. The fourth-order valence-corrected chi connectivity index (χ4v) is 1.56. The van der Waals surface area contributed by atoms with Crippen molar-refractivity contribution in [1.29, 1.82) is 0 Å². The highest BCUT2D eigenvalue weighted by Crippen LogP contribution is 2.24. The normalized spacial score (nSPS) is 11.6. The molecule has 0 saturated heterocycles. The van der Waals surface area contributed by atoms with Gasteiger partial charge in [-0.05, 0) is 49.4 Å². The molecule has 0 heterocycles. The van der Waals surface area contributed by atoms with E-state index in [1.165, 1.54) is 0 Å². The van der Waals surface area contributed by atoms with Crippen molar-refractivity contribution >= 4 is 0 Å². The van der Waals surface area contributed by atoms with Gasteiger partial charge in [-0.2, -0.15) is 0 Å². The Kier molecular flexibility index (Phi) is 4.94. The van der Waals surface area contributed by atoms with E-state index in [4.69, 9.17) is 10.5 Å². The van der Waals surface area contributed by atoms with Crippen LogP contribution in [0.3, 0.4) is 0 Å². The van der Waals surface area contributed by atoms with E-state index in [-0.39, 0.29) is 11.2 Å². The predicted molar refractivity (Wildman–Crippen MR) is 68.7 cm³/mol. The van der Waals surface area contributed by atoms with Crippen LogP contribution in [0.4, 0.5) is 4.39 Å². The van der Waals surface area contributed by atoms with Crippen LogP contribution in [0, 0.1) is 11.2 Å². The molecule has 0 spiro atoms. The minimum Gasteiger partial charge on any atom is -0.491 e. The van der Waals surface area contributed by atoms with E-state index < -0.39 is 0 Å². The summed E-state index contributed by atoms with van der Waals surface area (Å²) < 4.78 is 18.8. The van der Waals surface area contributed by atoms with E-state index in [0.29, 0.717) is 18.9 Å². The molecule has 1 aromatic rings. The average Bonchev–Trinajstić information content (AvgIpc) is 2.30. The Balaban J connectivity index is 2.64. The van der Waals surface area contributed by atoms with E-state index in [1.807, 2.05) is 13.0 Å². The van der Waals surface area contributed by atoms with Crippen LogP contribution in [-0.2, 0) is 6.42 Å². The highest BCUT2D eigenvalue weighted by Gasteiger charge is 2.15. The molecule has 0 amide bonds. The van der Waals surface area contributed by atoms with Gasteiger partial charge in [-0.25, -0.2) is 4.39 Å². The summed E-state index contributed by atoms with van der Waals surface area (Å²) in [6.45, 7) is 7.22. The van der Waals surface area contributed by atoms with Crippen molar-refractivity contribution in [3.8, 4) is 5.75 Å². The Morgan fingerprint density at radius 3 is 2.59 bits per heavy atom. The molecule has 0 aromatic heterocycles. The number of aryl methyl sites for hydroxylation is 1. The molecule has 3 heteroatoms. The van der Waals surface area contributed by atoms with Crippen molar-refractivity contribution in [2.45, 2.75) is 33.6 Å². The standard InChI is InChI=1S/C14H22FNO/c1-4-17-13-6-5-11(9-12(13)15)7-8-14(2,3)10-16/h5-6,9H,4,7-8,10,16H2,1-3H3. The third kappa shape index (κ3) is 4.35. The number of rotatable bonds is 6. The maximum absolute atomic E-state index is 13.6. The summed E-state index contributed by atoms with van der Waals surface area (Å²) in [7, 11) is 0. The van der Waals surface area contributed by atoms with Gasteiger partial charge in [0.2, 0.25) is 0 Å². The van der Waals surface area contributed by atoms with Crippen molar-refractivity contribution in [2.24, 2.45) is 11.1 Å². The molecular formula is C14H22FNO. The summed E-state index contributed by atoms with van der Waals surface area (Å²) in [6.07, 6.45) is 1.80. The van der Waals surface area contributed by atoms with E-state index >= 15 is 0 Å². The minimum absolute atomic E-state index is 0.106. The van der Waals surface area contributed by atoms with Gasteiger partial charge in [-0.1, -0.05) is 19.9 Å². The lowest BCUT2D eigenvalue weighted by Gasteiger charge is -2.22. The lowest BCUT2D eigenvalue weighted by molar-refractivity contribution is 0.320. The quantitative estimate of drug-likeness (QED) is 0.827. The summed E-state index contributed by atoms with van der Waals surface area (Å²) in [5.74, 6) is 0.0456. The molecule has 2 N–H and O–H groups in total. The third-order valence-corrected chi connectivity index (χ3v) is 2.94. The van der Waals surface area contributed by atoms with E-state index in [2.05, 4.69) is 13.8 Å². The molecular weight excluding hydrogens is 217 g/mol. The fourth-order valence-electron chi connectivity index (χ4n) is 1.56. The average molecular weight is 239 g/mol. The van der Waals surface area contributed by atoms with Gasteiger partial charge < -0.3 is 10.5 Å². The Morgan fingerprint density at radius 2 is 2.06 bits per heavy atom. The second-order valence-corrected chi connectivity index (χ2v) is 5.07. The first-order valence-electron chi connectivity index (χ1n) is 6.10. The van der Waals surface area contributed by atoms with Crippen molar-refractivity contribution < 1.29 is 9.13 Å².